The van der Waals surface area contributed by atoms with Crippen molar-refractivity contribution >= 4 is 11.7 Å². The Labute approximate surface area is 97.4 Å². The van der Waals surface area contributed by atoms with E-state index in [4.69, 9.17) is 15.9 Å². The smallest absolute Gasteiger partial charge is 0.479 e. The van der Waals surface area contributed by atoms with Gasteiger partial charge in [-0.05, 0) is 6.07 Å². The van der Waals surface area contributed by atoms with Gasteiger partial charge >= 0.3 is 12.3 Å². The van der Waals surface area contributed by atoms with Crippen LogP contribution < -0.4 is 10.5 Å². The van der Waals surface area contributed by atoms with Gasteiger partial charge in [-0.2, -0.15) is 0 Å². The normalized spacial score (nSPS) is 13.2. The third-order valence-corrected chi connectivity index (χ3v) is 1.86. The van der Waals surface area contributed by atoms with Crippen LogP contribution in [0.3, 0.4) is 0 Å². The first kappa shape index (κ1) is 14.0. The second-order valence-electron chi connectivity index (χ2n) is 3.20. The molecule has 0 bridgehead atoms. The number of alkyl halides is 3. The van der Waals surface area contributed by atoms with E-state index in [2.05, 4.69) is 4.74 Å². The van der Waals surface area contributed by atoms with Crippen LogP contribution in [0.25, 0.3) is 0 Å². The Morgan fingerprint density at radius 3 is 2.39 bits per heavy atom. The maximum atomic E-state index is 13.3. The Morgan fingerprint density at radius 1 is 1.39 bits per heavy atom. The molecule has 100 valence electrons. The van der Waals surface area contributed by atoms with Gasteiger partial charge in [-0.25, -0.2) is 9.18 Å². The SMILES string of the molecule is Nc1cc(OC(F)(F)F)cc(C(O)C(=O)O)c1F. The molecule has 0 radical (unpaired) electrons. The summed E-state index contributed by atoms with van der Waals surface area (Å²) in [7, 11) is 0. The van der Waals surface area contributed by atoms with Gasteiger partial charge in [0.1, 0.15) is 5.75 Å². The topological polar surface area (TPSA) is 92.8 Å². The Kier molecular flexibility index (Phi) is 3.65. The summed E-state index contributed by atoms with van der Waals surface area (Å²) >= 11 is 0. The number of aliphatic hydroxyl groups is 1. The van der Waals surface area contributed by atoms with E-state index in [0.717, 1.165) is 0 Å². The average Bonchev–Trinajstić information content (AvgIpc) is 2.19. The number of carbonyl (C=O) groups is 1. The minimum atomic E-state index is -5.05. The lowest BCUT2D eigenvalue weighted by Gasteiger charge is -2.13. The van der Waals surface area contributed by atoms with Gasteiger partial charge in [0.25, 0.3) is 0 Å². The number of aliphatic carboxylic acids is 1. The summed E-state index contributed by atoms with van der Waals surface area (Å²) in [6, 6.07) is 0.943. The molecule has 1 unspecified atom stereocenters. The maximum Gasteiger partial charge on any atom is 0.573 e. The number of hydrogen-bond donors (Lipinski definition) is 3. The van der Waals surface area contributed by atoms with Gasteiger partial charge in [-0.1, -0.05) is 0 Å². The highest BCUT2D eigenvalue weighted by Gasteiger charge is 2.32. The number of anilines is 1. The first-order valence-corrected chi connectivity index (χ1v) is 4.37. The van der Waals surface area contributed by atoms with Crippen molar-refractivity contribution in [2.24, 2.45) is 0 Å². The van der Waals surface area contributed by atoms with Crippen molar-refractivity contribution in [2.45, 2.75) is 12.5 Å². The number of hydrogen-bond acceptors (Lipinski definition) is 4. The van der Waals surface area contributed by atoms with Gasteiger partial charge in [0.05, 0.1) is 5.69 Å². The number of nitrogens with two attached hydrogens (primary N) is 1. The Bertz CT molecular complexity index is 474. The molecule has 0 spiro atoms. The number of carboxylic acid groups (broad SMARTS) is 1. The van der Waals surface area contributed by atoms with E-state index in [1.165, 1.54) is 0 Å². The fourth-order valence-electron chi connectivity index (χ4n) is 1.17. The molecule has 0 heterocycles. The predicted octanol–water partition coefficient (Wildman–Crippen LogP) is 1.42. The summed E-state index contributed by atoms with van der Waals surface area (Å²) < 4.78 is 52.6. The van der Waals surface area contributed by atoms with Crippen LogP contribution in [0.5, 0.6) is 5.75 Å². The number of rotatable bonds is 3. The van der Waals surface area contributed by atoms with Crippen LogP contribution in [0.4, 0.5) is 23.2 Å². The van der Waals surface area contributed by atoms with Gasteiger partial charge in [0.15, 0.2) is 11.9 Å². The number of aliphatic hydroxyl groups excluding tert-OH is 1. The van der Waals surface area contributed by atoms with Crippen LogP contribution in [-0.2, 0) is 4.79 Å². The Balaban J connectivity index is 3.22. The summed E-state index contributed by atoms with van der Waals surface area (Å²) in [6.45, 7) is 0. The van der Waals surface area contributed by atoms with Crippen molar-refractivity contribution in [3.05, 3.63) is 23.5 Å². The van der Waals surface area contributed by atoms with Gasteiger partial charge < -0.3 is 20.7 Å². The first-order valence-electron chi connectivity index (χ1n) is 4.37. The van der Waals surface area contributed by atoms with E-state index >= 15 is 0 Å². The minimum Gasteiger partial charge on any atom is -0.479 e. The van der Waals surface area contributed by atoms with Crippen molar-refractivity contribution in [1.82, 2.24) is 0 Å². The van der Waals surface area contributed by atoms with Crippen LogP contribution >= 0.6 is 0 Å². The fourth-order valence-corrected chi connectivity index (χ4v) is 1.17. The van der Waals surface area contributed by atoms with Crippen molar-refractivity contribution in [1.29, 1.82) is 0 Å². The lowest BCUT2D eigenvalue weighted by atomic mass is 10.1. The second kappa shape index (κ2) is 4.69. The summed E-state index contributed by atoms with van der Waals surface area (Å²) in [4.78, 5) is 10.4. The first-order chi connectivity index (χ1) is 8.11. The van der Waals surface area contributed by atoms with E-state index in [1.54, 1.807) is 0 Å². The highest BCUT2D eigenvalue weighted by molar-refractivity contribution is 5.75. The van der Waals surface area contributed by atoms with Gasteiger partial charge in [0.2, 0.25) is 0 Å². The predicted molar refractivity (Wildman–Crippen MR) is 50.1 cm³/mol. The number of carboxylic acids is 1. The average molecular weight is 269 g/mol. The fraction of sp³-hybridized carbons (Fsp3) is 0.222. The van der Waals surface area contributed by atoms with Crippen molar-refractivity contribution in [3.8, 4) is 5.75 Å². The molecule has 0 fully saturated rings. The lowest BCUT2D eigenvalue weighted by molar-refractivity contribution is -0.274. The molecule has 0 aliphatic heterocycles. The molecule has 0 amide bonds. The largest absolute Gasteiger partial charge is 0.573 e. The molecule has 1 rings (SSSR count). The zero-order valence-corrected chi connectivity index (χ0v) is 8.53. The Morgan fingerprint density at radius 2 is 1.94 bits per heavy atom. The lowest BCUT2D eigenvalue weighted by Crippen LogP contribution is -2.19. The molecular weight excluding hydrogens is 262 g/mol. The van der Waals surface area contributed by atoms with Crippen LogP contribution in [0.2, 0.25) is 0 Å². The van der Waals surface area contributed by atoms with E-state index in [-0.39, 0.29) is 0 Å². The highest BCUT2D eigenvalue weighted by atomic mass is 19.4. The molecule has 1 atom stereocenters. The van der Waals surface area contributed by atoms with Crippen LogP contribution in [0.1, 0.15) is 11.7 Å². The molecule has 4 N–H and O–H groups in total. The molecule has 0 aromatic heterocycles. The molecule has 0 aliphatic carbocycles. The van der Waals surface area contributed by atoms with E-state index in [9.17, 15) is 22.4 Å². The quantitative estimate of drug-likeness (QED) is 0.570. The summed E-state index contributed by atoms with van der Waals surface area (Å²) in [6.07, 6.45) is -7.39. The van der Waals surface area contributed by atoms with Crippen molar-refractivity contribution in [2.75, 3.05) is 5.73 Å². The number of nitrogen functional groups attached to an aromatic ring is 1. The maximum absolute atomic E-state index is 13.3. The molecule has 5 nitrogen and oxygen atoms in total. The number of halogens is 4. The van der Waals surface area contributed by atoms with E-state index in [1.807, 2.05) is 0 Å². The van der Waals surface area contributed by atoms with Gasteiger partial charge in [-0.3, -0.25) is 0 Å². The van der Waals surface area contributed by atoms with Crippen molar-refractivity contribution < 1.29 is 37.3 Å². The Hall–Kier alpha value is -2.03. The molecular formula is C9H7F4NO4. The zero-order valence-electron chi connectivity index (χ0n) is 8.53. The summed E-state index contributed by atoms with van der Waals surface area (Å²) in [5, 5.41) is 17.5. The van der Waals surface area contributed by atoms with E-state index < -0.39 is 41.3 Å². The molecule has 0 saturated carbocycles. The van der Waals surface area contributed by atoms with Crippen molar-refractivity contribution in [3.63, 3.8) is 0 Å². The standard InChI is InChI=1S/C9H7F4NO4/c10-6-4(7(15)8(16)17)1-3(2-5(6)14)18-9(11,12)13/h1-2,7,15H,14H2,(H,16,17). The second-order valence-corrected chi connectivity index (χ2v) is 3.20. The molecule has 9 heteroatoms. The number of benzene rings is 1. The molecule has 1 aromatic rings. The minimum absolute atomic E-state index is 0.415. The molecule has 0 saturated heterocycles. The van der Waals surface area contributed by atoms with Crippen LogP contribution in [0, 0.1) is 5.82 Å². The summed E-state index contributed by atoms with van der Waals surface area (Å²) in [5.74, 6) is -4.08. The monoisotopic (exact) mass is 269 g/mol. The third kappa shape index (κ3) is 3.23. The van der Waals surface area contributed by atoms with Crippen LogP contribution in [0.15, 0.2) is 12.1 Å². The van der Waals surface area contributed by atoms with E-state index in [0.29, 0.717) is 12.1 Å². The van der Waals surface area contributed by atoms with Gasteiger partial charge in [0, 0.05) is 11.6 Å². The highest BCUT2D eigenvalue weighted by Crippen LogP contribution is 2.31. The zero-order chi connectivity index (χ0) is 14.1. The number of ether oxygens (including phenoxy) is 1. The molecule has 18 heavy (non-hydrogen) atoms. The molecule has 1 aromatic carbocycles. The summed E-state index contributed by atoms with van der Waals surface area (Å²) in [5.41, 5.74) is 3.37. The van der Waals surface area contributed by atoms with Gasteiger partial charge in [-0.15, -0.1) is 13.2 Å². The third-order valence-electron chi connectivity index (χ3n) is 1.86. The van der Waals surface area contributed by atoms with Crippen LogP contribution in [-0.4, -0.2) is 22.5 Å². The molecule has 0 aliphatic rings.